The van der Waals surface area contributed by atoms with Crippen LogP contribution in [0.2, 0.25) is 0 Å². The van der Waals surface area contributed by atoms with Crippen LogP contribution in [0.25, 0.3) is 21.8 Å². The Bertz CT molecular complexity index is 3120. The van der Waals surface area contributed by atoms with Crippen LogP contribution in [0.15, 0.2) is 170 Å². The molecule has 4 amide bonds. The van der Waals surface area contributed by atoms with E-state index in [1.54, 1.807) is 30.1 Å². The zero-order valence-corrected chi connectivity index (χ0v) is 39.8. The molecular formula is C58H58N8O4. The molecule has 0 fully saturated rings. The molecule has 0 saturated heterocycles. The second kappa shape index (κ2) is 21.7. The van der Waals surface area contributed by atoms with Crippen molar-refractivity contribution >= 4 is 68.3 Å². The summed E-state index contributed by atoms with van der Waals surface area (Å²) in [4.78, 5) is 39.2. The van der Waals surface area contributed by atoms with Crippen molar-refractivity contribution in [1.29, 1.82) is 0 Å². The van der Waals surface area contributed by atoms with Crippen molar-refractivity contribution in [2.45, 2.75) is 51.1 Å². The molecule has 10 rings (SSSR count). The average Bonchev–Trinajstić information content (AvgIpc) is 4.01. The monoisotopic (exact) mass is 930 g/mol. The number of pyridine rings is 2. The van der Waals surface area contributed by atoms with Gasteiger partial charge in [-0.1, -0.05) is 61.5 Å². The van der Waals surface area contributed by atoms with E-state index < -0.39 is 0 Å². The van der Waals surface area contributed by atoms with Gasteiger partial charge in [0.05, 0.1) is 37.3 Å². The summed E-state index contributed by atoms with van der Waals surface area (Å²) in [6.07, 6.45) is 6.88. The second-order valence-corrected chi connectivity index (χ2v) is 17.4. The molecule has 8 aromatic rings. The number of hydrogen-bond donors (Lipinski definition) is 4. The molecule has 0 saturated carbocycles. The maximum absolute atomic E-state index is 13.1. The fraction of sp³-hybridized carbons (Fsp3) is 0.207. The van der Waals surface area contributed by atoms with Crippen molar-refractivity contribution in [3.63, 3.8) is 0 Å². The zero-order valence-electron chi connectivity index (χ0n) is 39.8. The highest BCUT2D eigenvalue weighted by Gasteiger charge is 2.24. The van der Waals surface area contributed by atoms with Crippen molar-refractivity contribution in [3.8, 4) is 11.5 Å². The molecule has 70 heavy (non-hydrogen) atoms. The Hall–Kier alpha value is -8.38. The minimum atomic E-state index is -0.236. The van der Waals surface area contributed by atoms with E-state index in [4.69, 9.17) is 19.4 Å². The first-order valence-electron chi connectivity index (χ1n) is 23.9. The van der Waals surface area contributed by atoms with Crippen LogP contribution >= 0.6 is 0 Å². The number of aromatic nitrogens is 2. The van der Waals surface area contributed by atoms with Gasteiger partial charge in [0.25, 0.3) is 0 Å². The number of aryl methyl sites for hydroxylation is 2. The van der Waals surface area contributed by atoms with E-state index in [1.165, 1.54) is 22.3 Å². The van der Waals surface area contributed by atoms with Crippen LogP contribution in [0.4, 0.5) is 44.0 Å². The normalized spacial score (nSPS) is 14.3. The van der Waals surface area contributed by atoms with Crippen molar-refractivity contribution in [2.75, 3.05) is 58.4 Å². The molecule has 2 heterocycles. The highest BCUT2D eigenvalue weighted by molar-refractivity contribution is 6.04. The van der Waals surface area contributed by atoms with Gasteiger partial charge < -0.3 is 30.7 Å². The highest BCUT2D eigenvalue weighted by Crippen LogP contribution is 2.36. The molecule has 12 nitrogen and oxygen atoms in total. The van der Waals surface area contributed by atoms with Crippen LogP contribution in [-0.2, 0) is 12.8 Å². The molecule has 0 aliphatic heterocycles. The van der Waals surface area contributed by atoms with Gasteiger partial charge in [-0.15, -0.1) is 6.58 Å². The molecule has 4 N–H and O–H groups in total. The molecule has 12 heteroatoms. The summed E-state index contributed by atoms with van der Waals surface area (Å²) < 4.78 is 10.4. The maximum atomic E-state index is 13.1. The number of urea groups is 2. The predicted molar refractivity (Wildman–Crippen MR) is 285 cm³/mol. The summed E-state index contributed by atoms with van der Waals surface area (Å²) in [6, 6.07) is 51.9. The number of benzene rings is 6. The number of carbonyl (C=O) groups excluding carboxylic acids is 2. The van der Waals surface area contributed by atoms with E-state index in [2.05, 4.69) is 89.4 Å². The second-order valence-electron chi connectivity index (χ2n) is 17.4. The van der Waals surface area contributed by atoms with Gasteiger partial charge in [-0.3, -0.25) is 9.80 Å². The van der Waals surface area contributed by atoms with Gasteiger partial charge in [0, 0.05) is 46.6 Å². The summed E-state index contributed by atoms with van der Waals surface area (Å²) in [5.74, 6) is 3.21. The number of methoxy groups -OCH3 is 2. The van der Waals surface area contributed by atoms with Gasteiger partial charge in [0.1, 0.15) is 23.1 Å². The molecule has 2 atom stereocenters. The van der Waals surface area contributed by atoms with Crippen molar-refractivity contribution in [2.24, 2.45) is 0 Å². The fourth-order valence-electron chi connectivity index (χ4n) is 9.23. The Morgan fingerprint density at radius 3 is 1.51 bits per heavy atom. The Morgan fingerprint density at radius 2 is 1.06 bits per heavy atom. The van der Waals surface area contributed by atoms with Gasteiger partial charge in [0.2, 0.25) is 0 Å². The molecule has 0 unspecified atom stereocenters. The third kappa shape index (κ3) is 10.8. The van der Waals surface area contributed by atoms with Gasteiger partial charge in [-0.25, -0.2) is 19.6 Å². The molecule has 0 bridgehead atoms. The van der Waals surface area contributed by atoms with Gasteiger partial charge in [-0.05, 0) is 164 Å². The number of carbonyl (C=O) groups is 2. The molecule has 354 valence electrons. The minimum absolute atomic E-state index is 0.164. The highest BCUT2D eigenvalue weighted by atomic mass is 16.5. The Labute approximate surface area is 409 Å². The molecule has 0 radical (unpaired) electrons. The smallest absolute Gasteiger partial charge is 0.326 e. The first kappa shape index (κ1) is 46.7. The van der Waals surface area contributed by atoms with Crippen molar-refractivity contribution in [3.05, 3.63) is 193 Å². The molecule has 2 aliphatic rings. The minimum Gasteiger partial charge on any atom is -0.497 e. The fourth-order valence-corrected chi connectivity index (χ4v) is 9.23. The number of nitrogens with zero attached hydrogens (tertiary/aromatic N) is 4. The van der Waals surface area contributed by atoms with Crippen LogP contribution < -0.4 is 40.5 Å². The molecule has 2 aliphatic carbocycles. The summed E-state index contributed by atoms with van der Waals surface area (Å²) in [6.45, 7) is 6.87. The van der Waals surface area contributed by atoms with Crippen LogP contribution in [0.5, 0.6) is 11.5 Å². The number of hydrogen-bond acceptors (Lipinski definition) is 8. The summed E-state index contributed by atoms with van der Waals surface area (Å²) >= 11 is 0. The Kier molecular flexibility index (Phi) is 14.5. The molecule has 0 spiro atoms. The van der Waals surface area contributed by atoms with E-state index in [-0.39, 0.29) is 24.1 Å². The largest absolute Gasteiger partial charge is 0.497 e. The lowest BCUT2D eigenvalue weighted by Gasteiger charge is -2.23. The van der Waals surface area contributed by atoms with E-state index >= 15 is 0 Å². The first-order chi connectivity index (χ1) is 34.3. The first-order valence-corrected chi connectivity index (χ1v) is 23.9. The third-order valence-corrected chi connectivity index (χ3v) is 12.8. The lowest BCUT2D eigenvalue weighted by Crippen LogP contribution is -2.35. The third-order valence-electron chi connectivity index (χ3n) is 12.8. The number of nitrogens with one attached hydrogen (secondary N) is 4. The van der Waals surface area contributed by atoms with Crippen molar-refractivity contribution in [1.82, 2.24) is 9.97 Å². The van der Waals surface area contributed by atoms with Crippen LogP contribution in [-0.4, -0.2) is 49.3 Å². The number of amides is 4. The maximum Gasteiger partial charge on any atom is 0.326 e. The van der Waals surface area contributed by atoms with E-state index in [0.717, 1.165) is 94.1 Å². The summed E-state index contributed by atoms with van der Waals surface area (Å²) in [5, 5.41) is 15.1. The van der Waals surface area contributed by atoms with Gasteiger partial charge >= 0.3 is 12.1 Å². The van der Waals surface area contributed by atoms with Crippen molar-refractivity contribution < 1.29 is 19.1 Å². The SMILES string of the molecule is C=CCN(C(=O)Nc1ccc(OC)cc1)c1ccc2nc(N[C@@H]3CCc4ccccc43)ccc2c1.CCCN(C(=O)Nc1ccc(OC)cc1)c1ccc2nc(N[C@@H]3CCc4ccccc43)ccc2c1. The number of ether oxygens (including phenoxy) is 2. The predicted octanol–water partition coefficient (Wildman–Crippen LogP) is 13.4. The van der Waals surface area contributed by atoms with E-state index in [0.29, 0.717) is 18.8 Å². The standard InChI is InChI=1S/C29H30N4O2.C29H28N4O2/c2*1-3-18-33(29(34)30-22-10-13-24(35-2)14-11-22)23-12-16-26-21(19-23)9-17-28(31-26)32-27-15-8-20-6-4-5-7-25(20)27/h4-7,9-14,16-17,19,27H,3,8,15,18H2,1-2H3,(H,30,34)(H,31,32);3-7,9-14,16-17,19,27H,1,8,15,18H2,2H3,(H,30,34)(H,31,32)/t2*27-/m11/s1. The average molecular weight is 931 g/mol. The quantitative estimate of drug-likeness (QED) is 0.0793. The lowest BCUT2D eigenvalue weighted by atomic mass is 10.1. The van der Waals surface area contributed by atoms with Gasteiger partial charge in [-0.2, -0.15) is 0 Å². The Balaban J connectivity index is 0.000000174. The topological polar surface area (TPSA) is 133 Å². The summed E-state index contributed by atoms with van der Waals surface area (Å²) in [5.41, 5.74) is 10.4. The van der Waals surface area contributed by atoms with Crippen LogP contribution in [0.3, 0.4) is 0 Å². The Morgan fingerprint density at radius 1 is 0.600 bits per heavy atom. The summed E-state index contributed by atoms with van der Waals surface area (Å²) in [7, 11) is 3.23. The number of rotatable bonds is 14. The molecule has 2 aromatic heterocycles. The molecule has 6 aromatic carbocycles. The van der Waals surface area contributed by atoms with Crippen LogP contribution in [0, 0.1) is 0 Å². The number of fused-ring (bicyclic) bond motifs is 4. The zero-order chi connectivity index (χ0) is 48.4. The lowest BCUT2D eigenvalue weighted by molar-refractivity contribution is 0.256. The number of anilines is 6. The van der Waals surface area contributed by atoms with Gasteiger partial charge in [0.15, 0.2) is 0 Å². The molecular weight excluding hydrogens is 873 g/mol. The van der Waals surface area contributed by atoms with E-state index in [1.807, 2.05) is 103 Å². The van der Waals surface area contributed by atoms with Crippen LogP contribution in [0.1, 0.15) is 60.5 Å². The van der Waals surface area contributed by atoms with E-state index in [9.17, 15) is 9.59 Å².